The van der Waals surface area contributed by atoms with Gasteiger partial charge in [-0.25, -0.2) is 9.97 Å². The molecule has 1 unspecified atom stereocenters. The molecule has 6 nitrogen and oxygen atoms in total. The minimum absolute atomic E-state index is 0.0328. The fraction of sp³-hybridized carbons (Fsp3) is 0.556. The minimum atomic E-state index is -0.379. The van der Waals surface area contributed by atoms with Crippen LogP contribution in [0.5, 0.6) is 0 Å². The second-order valence-electron chi connectivity index (χ2n) is 7.47. The standard InChI is InChI=1S/C18H25N5O/c1-12-20-13(15-8-9-19-22(15)5)11-14(21-12)16-7-6-10-23(16)17(24)18(2,3)4/h8-9,11,16H,6-7,10H2,1-5H3. The summed E-state index contributed by atoms with van der Waals surface area (Å²) in [6, 6.07) is 3.98. The van der Waals surface area contributed by atoms with Crippen LogP contribution in [0, 0.1) is 12.3 Å². The number of carbonyl (C=O) groups is 1. The lowest BCUT2D eigenvalue weighted by atomic mass is 9.94. The predicted molar refractivity (Wildman–Crippen MR) is 92.1 cm³/mol. The van der Waals surface area contributed by atoms with Gasteiger partial charge in [-0.1, -0.05) is 20.8 Å². The molecular weight excluding hydrogens is 302 g/mol. The van der Waals surface area contributed by atoms with E-state index in [9.17, 15) is 4.79 Å². The van der Waals surface area contributed by atoms with E-state index in [0.29, 0.717) is 0 Å². The minimum Gasteiger partial charge on any atom is -0.334 e. The highest BCUT2D eigenvalue weighted by atomic mass is 16.2. The number of aryl methyl sites for hydroxylation is 2. The van der Waals surface area contributed by atoms with Gasteiger partial charge < -0.3 is 4.90 Å². The Kier molecular flexibility index (Phi) is 4.15. The van der Waals surface area contributed by atoms with Crippen LogP contribution < -0.4 is 0 Å². The first kappa shape index (κ1) is 16.6. The van der Waals surface area contributed by atoms with Crippen molar-refractivity contribution < 1.29 is 4.79 Å². The highest BCUT2D eigenvalue weighted by Gasteiger charge is 2.36. The summed E-state index contributed by atoms with van der Waals surface area (Å²) in [5.41, 5.74) is 2.35. The van der Waals surface area contributed by atoms with E-state index in [1.54, 1.807) is 10.9 Å². The molecule has 3 rings (SSSR count). The third kappa shape index (κ3) is 3.05. The maximum atomic E-state index is 12.8. The van der Waals surface area contributed by atoms with Crippen molar-refractivity contribution in [2.24, 2.45) is 12.5 Å². The van der Waals surface area contributed by atoms with Gasteiger partial charge in [0.2, 0.25) is 5.91 Å². The van der Waals surface area contributed by atoms with E-state index in [1.165, 1.54) is 0 Å². The lowest BCUT2D eigenvalue weighted by Gasteiger charge is -2.30. The second kappa shape index (κ2) is 6.00. The van der Waals surface area contributed by atoms with Crippen LogP contribution in [-0.4, -0.2) is 37.1 Å². The van der Waals surface area contributed by atoms with Gasteiger partial charge in [-0.05, 0) is 31.9 Å². The Bertz CT molecular complexity index is 759. The molecule has 1 atom stereocenters. The first-order valence-electron chi connectivity index (χ1n) is 8.42. The summed E-state index contributed by atoms with van der Waals surface area (Å²) < 4.78 is 1.80. The molecule has 1 aliphatic heterocycles. The molecule has 0 saturated carbocycles. The topological polar surface area (TPSA) is 63.9 Å². The van der Waals surface area contributed by atoms with Gasteiger partial charge in [0.15, 0.2) is 0 Å². The van der Waals surface area contributed by atoms with Crippen LogP contribution >= 0.6 is 0 Å². The number of rotatable bonds is 2. The monoisotopic (exact) mass is 327 g/mol. The lowest BCUT2D eigenvalue weighted by molar-refractivity contribution is -0.140. The van der Waals surface area contributed by atoms with Crippen LogP contribution in [0.3, 0.4) is 0 Å². The Labute approximate surface area is 142 Å². The van der Waals surface area contributed by atoms with Crippen molar-refractivity contribution in [3.63, 3.8) is 0 Å². The predicted octanol–water partition coefficient (Wildman–Crippen LogP) is 2.90. The number of hydrogen-bond donors (Lipinski definition) is 0. The third-order valence-electron chi connectivity index (χ3n) is 4.44. The molecule has 2 aromatic rings. The zero-order valence-electron chi connectivity index (χ0n) is 15.1. The molecule has 24 heavy (non-hydrogen) atoms. The van der Waals surface area contributed by atoms with Crippen molar-refractivity contribution in [2.45, 2.75) is 46.6 Å². The van der Waals surface area contributed by atoms with Gasteiger partial charge in [0.25, 0.3) is 0 Å². The number of carbonyl (C=O) groups excluding carboxylic acids is 1. The quantitative estimate of drug-likeness (QED) is 0.851. The van der Waals surface area contributed by atoms with E-state index in [1.807, 2.05) is 51.8 Å². The fourth-order valence-electron chi connectivity index (χ4n) is 3.27. The Morgan fingerprint density at radius 1 is 1.29 bits per heavy atom. The van der Waals surface area contributed by atoms with E-state index < -0.39 is 0 Å². The number of hydrogen-bond acceptors (Lipinski definition) is 4. The summed E-state index contributed by atoms with van der Waals surface area (Å²) in [6.07, 6.45) is 3.72. The van der Waals surface area contributed by atoms with E-state index in [0.717, 1.165) is 42.3 Å². The number of aromatic nitrogens is 4. The zero-order valence-corrected chi connectivity index (χ0v) is 15.1. The first-order valence-corrected chi connectivity index (χ1v) is 8.42. The third-order valence-corrected chi connectivity index (χ3v) is 4.44. The normalized spacial score (nSPS) is 18.2. The Balaban J connectivity index is 1.98. The van der Waals surface area contributed by atoms with E-state index in [4.69, 9.17) is 0 Å². The molecule has 0 N–H and O–H groups in total. The van der Waals surface area contributed by atoms with Gasteiger partial charge >= 0.3 is 0 Å². The highest BCUT2D eigenvalue weighted by molar-refractivity contribution is 5.82. The average molecular weight is 327 g/mol. The molecular formula is C18H25N5O. The summed E-state index contributed by atoms with van der Waals surface area (Å²) >= 11 is 0. The molecule has 128 valence electrons. The van der Waals surface area contributed by atoms with Crippen LogP contribution in [0.15, 0.2) is 18.3 Å². The molecule has 2 aromatic heterocycles. The van der Waals surface area contributed by atoms with Crippen LogP contribution in [0.4, 0.5) is 0 Å². The summed E-state index contributed by atoms with van der Waals surface area (Å²) in [4.78, 5) is 23.9. The van der Waals surface area contributed by atoms with Crippen molar-refractivity contribution in [1.29, 1.82) is 0 Å². The average Bonchev–Trinajstić information content (AvgIpc) is 3.13. The number of likely N-dealkylation sites (tertiary alicyclic amines) is 1. The molecule has 6 heteroatoms. The number of nitrogens with zero attached hydrogens (tertiary/aromatic N) is 5. The van der Waals surface area contributed by atoms with Crippen molar-refractivity contribution in [2.75, 3.05) is 6.54 Å². The maximum Gasteiger partial charge on any atom is 0.228 e. The Morgan fingerprint density at radius 3 is 2.67 bits per heavy atom. The maximum absolute atomic E-state index is 12.8. The van der Waals surface area contributed by atoms with Gasteiger partial charge in [0.05, 0.1) is 23.1 Å². The van der Waals surface area contributed by atoms with Gasteiger partial charge in [-0.15, -0.1) is 0 Å². The molecule has 0 spiro atoms. The second-order valence-corrected chi connectivity index (χ2v) is 7.47. The van der Waals surface area contributed by atoms with E-state index in [-0.39, 0.29) is 17.4 Å². The van der Waals surface area contributed by atoms with Crippen molar-refractivity contribution in [3.05, 3.63) is 29.8 Å². The van der Waals surface area contributed by atoms with Crippen molar-refractivity contribution >= 4 is 5.91 Å². The first-order chi connectivity index (χ1) is 11.3. The molecule has 0 radical (unpaired) electrons. The van der Waals surface area contributed by atoms with E-state index >= 15 is 0 Å². The van der Waals surface area contributed by atoms with Gasteiger partial charge in [-0.2, -0.15) is 5.10 Å². The van der Waals surface area contributed by atoms with Crippen molar-refractivity contribution in [3.8, 4) is 11.4 Å². The summed E-state index contributed by atoms with van der Waals surface area (Å²) in [5, 5.41) is 4.22. The smallest absolute Gasteiger partial charge is 0.228 e. The molecule has 3 heterocycles. The molecule has 0 bridgehead atoms. The Morgan fingerprint density at radius 2 is 2.04 bits per heavy atom. The van der Waals surface area contributed by atoms with Gasteiger partial charge in [-0.3, -0.25) is 9.48 Å². The summed E-state index contributed by atoms with van der Waals surface area (Å²) in [6.45, 7) is 8.60. The summed E-state index contributed by atoms with van der Waals surface area (Å²) in [5.74, 6) is 0.905. The van der Waals surface area contributed by atoms with Gasteiger partial charge in [0, 0.05) is 25.2 Å². The Hall–Kier alpha value is -2.24. The molecule has 1 fully saturated rings. The molecule has 1 amide bonds. The number of amides is 1. The summed E-state index contributed by atoms with van der Waals surface area (Å²) in [7, 11) is 1.90. The van der Waals surface area contributed by atoms with Crippen LogP contribution in [0.25, 0.3) is 11.4 Å². The molecule has 1 saturated heterocycles. The molecule has 0 aromatic carbocycles. The fourth-order valence-corrected chi connectivity index (χ4v) is 3.27. The highest BCUT2D eigenvalue weighted by Crippen LogP contribution is 2.35. The molecule has 1 aliphatic rings. The van der Waals surface area contributed by atoms with Crippen LogP contribution in [-0.2, 0) is 11.8 Å². The van der Waals surface area contributed by atoms with Gasteiger partial charge in [0.1, 0.15) is 5.82 Å². The SMILES string of the molecule is Cc1nc(-c2ccnn2C)cc(C2CCCN2C(=O)C(C)(C)C)n1. The molecule has 0 aliphatic carbocycles. The van der Waals surface area contributed by atoms with Crippen LogP contribution in [0.2, 0.25) is 0 Å². The van der Waals surface area contributed by atoms with Crippen LogP contribution in [0.1, 0.15) is 51.2 Å². The van der Waals surface area contributed by atoms with Crippen molar-refractivity contribution in [1.82, 2.24) is 24.6 Å². The van der Waals surface area contributed by atoms with E-state index in [2.05, 4.69) is 15.1 Å². The lowest BCUT2D eigenvalue weighted by Crippen LogP contribution is -2.39. The largest absolute Gasteiger partial charge is 0.334 e. The zero-order chi connectivity index (χ0) is 17.5.